The van der Waals surface area contributed by atoms with Crippen LogP contribution in [0.2, 0.25) is 5.02 Å². The first-order valence-corrected chi connectivity index (χ1v) is 33.3. The Kier molecular flexibility index (Phi) is 29.6. The molecule has 10 aromatic rings. The highest BCUT2D eigenvalue weighted by Gasteiger charge is 2.34. The molecule has 5 aromatic heterocycles. The van der Waals surface area contributed by atoms with Gasteiger partial charge in [0.05, 0.1) is 123 Å². The highest BCUT2D eigenvalue weighted by atomic mass is 35.5. The van der Waals surface area contributed by atoms with Crippen LogP contribution in [0.1, 0.15) is 116 Å². The van der Waals surface area contributed by atoms with Gasteiger partial charge in [0, 0.05) is 100.0 Å². The third-order valence-corrected chi connectivity index (χ3v) is 17.5. The molecule has 3 aliphatic heterocycles. The Hall–Kier alpha value is -12.9. The van der Waals surface area contributed by atoms with Crippen molar-refractivity contribution in [3.8, 4) is 69.6 Å². The zero-order valence-electron chi connectivity index (χ0n) is 60.3. The third kappa shape index (κ3) is 20.1. The van der Waals surface area contributed by atoms with Crippen LogP contribution >= 0.6 is 11.6 Å². The van der Waals surface area contributed by atoms with Gasteiger partial charge in [0.25, 0.3) is 5.91 Å². The van der Waals surface area contributed by atoms with E-state index in [0.717, 1.165) is 54.4 Å². The number of hydrogen-bond donors (Lipinski definition) is 5. The van der Waals surface area contributed by atoms with Gasteiger partial charge in [-0.05, 0) is 152 Å². The largest absolute Gasteiger partial charge is 0.504 e. The zero-order valence-corrected chi connectivity index (χ0v) is 61.0. The van der Waals surface area contributed by atoms with Crippen LogP contribution in [-0.2, 0) is 33.8 Å². The van der Waals surface area contributed by atoms with Crippen molar-refractivity contribution >= 4 is 35.4 Å². The van der Waals surface area contributed by atoms with Gasteiger partial charge in [-0.15, -0.1) is 0 Å². The molecule has 0 radical (unpaired) electrons. The van der Waals surface area contributed by atoms with Crippen LogP contribution in [0.4, 0.5) is 0 Å². The fourth-order valence-corrected chi connectivity index (χ4v) is 12.0. The summed E-state index contributed by atoms with van der Waals surface area (Å²) >= 11 is 5.66. The first-order chi connectivity index (χ1) is 52.0. The van der Waals surface area contributed by atoms with Crippen LogP contribution in [0.25, 0.3) is 0 Å². The molecule has 4 unspecified atom stereocenters. The van der Waals surface area contributed by atoms with Crippen LogP contribution in [0.15, 0.2) is 183 Å². The van der Waals surface area contributed by atoms with E-state index in [-0.39, 0.29) is 34.5 Å². The van der Waals surface area contributed by atoms with Crippen LogP contribution in [0.3, 0.4) is 0 Å². The number of phenols is 2. The fraction of sp³-hybridized carbons (Fsp3) is 0.237. The van der Waals surface area contributed by atoms with Gasteiger partial charge >= 0.3 is 11.9 Å². The summed E-state index contributed by atoms with van der Waals surface area (Å²) < 4.78 is 51.0. The number of fused-ring (bicyclic) bond motifs is 3. The lowest BCUT2D eigenvalue weighted by Crippen LogP contribution is -2.40. The van der Waals surface area contributed by atoms with Crippen molar-refractivity contribution in [3.05, 3.63) is 266 Å². The minimum atomic E-state index is -0.660. The second kappa shape index (κ2) is 39.7. The molecule has 5 N–H and O–H groups in total. The lowest BCUT2D eigenvalue weighted by molar-refractivity contribution is -0.121. The summed E-state index contributed by atoms with van der Waals surface area (Å²) in [5.74, 6) is 2.36. The maximum atomic E-state index is 12.3. The average molecular weight is 1470 g/mol. The number of rotatable bonds is 16. The molecule has 552 valence electrons. The number of nitrogens with one attached hydrogen (secondary N) is 3. The highest BCUT2D eigenvalue weighted by molar-refractivity contribution is 6.33. The van der Waals surface area contributed by atoms with Gasteiger partial charge in [-0.1, -0.05) is 41.9 Å². The normalized spacial score (nSPS) is 14.2. The van der Waals surface area contributed by atoms with E-state index < -0.39 is 29.7 Å². The van der Waals surface area contributed by atoms with Gasteiger partial charge in [-0.3, -0.25) is 39.8 Å². The second-order valence-electron chi connectivity index (χ2n) is 23.2. The van der Waals surface area contributed by atoms with Crippen molar-refractivity contribution in [1.82, 2.24) is 40.9 Å². The Bertz CT molecular complexity index is 4820. The van der Waals surface area contributed by atoms with Gasteiger partial charge in [0.2, 0.25) is 5.91 Å². The topological polar surface area (TPSA) is 349 Å². The highest BCUT2D eigenvalue weighted by Crippen LogP contribution is 2.40. The maximum Gasteiger partial charge on any atom is 0.340 e. The van der Waals surface area contributed by atoms with Crippen molar-refractivity contribution in [1.29, 1.82) is 10.5 Å². The van der Waals surface area contributed by atoms with E-state index in [2.05, 4.69) is 75.9 Å². The van der Waals surface area contributed by atoms with Crippen molar-refractivity contribution in [2.24, 2.45) is 0 Å². The van der Waals surface area contributed by atoms with E-state index in [4.69, 9.17) is 59.5 Å². The minimum Gasteiger partial charge on any atom is -0.504 e. The number of ether oxygens (including phenoxy) is 10. The van der Waals surface area contributed by atoms with Crippen molar-refractivity contribution in [3.63, 3.8) is 0 Å². The van der Waals surface area contributed by atoms with E-state index in [1.165, 1.54) is 106 Å². The molecule has 0 aliphatic carbocycles. The van der Waals surface area contributed by atoms with Crippen LogP contribution in [-0.4, -0.2) is 143 Å². The van der Waals surface area contributed by atoms with E-state index in [0.29, 0.717) is 74.1 Å². The van der Waals surface area contributed by atoms with Gasteiger partial charge in [0.1, 0.15) is 0 Å². The number of amides is 2. The molecule has 5 aromatic carbocycles. The number of nitriles is 2. The molecule has 0 saturated carbocycles. The number of nitrogens with zero attached hydrogens (tertiary/aromatic N) is 7. The van der Waals surface area contributed by atoms with Gasteiger partial charge in [0.15, 0.2) is 57.5 Å². The molecule has 2 amide bonds. The number of imide groups is 1. The number of phenolic OH excluding ortho intramolecular Hbond substituents is 2. The number of carbonyl (C=O) groups is 4. The van der Waals surface area contributed by atoms with Crippen LogP contribution in [0, 0.1) is 22.7 Å². The summed E-state index contributed by atoms with van der Waals surface area (Å²) in [7, 11) is 15.2. The number of carbonyl (C=O) groups excluding carboxylic acids is 4. The first-order valence-electron chi connectivity index (χ1n) is 32.9. The molecular formula is C80H79ClN10O16. The molecule has 0 bridgehead atoms. The molecule has 27 heteroatoms. The quantitative estimate of drug-likeness (QED) is 0.0341. The number of aromatic nitrogens is 5. The summed E-state index contributed by atoms with van der Waals surface area (Å²) in [4.78, 5) is 66.9. The van der Waals surface area contributed by atoms with E-state index >= 15 is 0 Å². The Morgan fingerprint density at radius 1 is 0.495 bits per heavy atom. The Labute approximate surface area is 623 Å². The summed E-state index contributed by atoms with van der Waals surface area (Å²) in [6.07, 6.45) is 16.7. The zero-order chi connectivity index (χ0) is 76.9. The van der Waals surface area contributed by atoms with E-state index in [9.17, 15) is 34.7 Å². The standard InChI is InChI=1S/C17H16N2O4.C16H14N2O4.C16H18N2O2.C14H14N2O2.C10H11NO2.C7H6ClNO2/c1-21-15-5-4-11(8-16(15)22-2)13(9-18)12-6-7-19-10-14(12)17(20)23-3;1-21-12-4-3-9(7-13(12)22-2)14-10-5-6-17-8-11(10)15(19)18-16(14)20;1-19-15-4-3-11(7-16(15)20-2)14-10-18-9-12-8-17-6-5-13(12)14;17-13-2-1-9(5-14(13)18)12-8-16-7-10-6-15-4-3-11(10)12;1-12-9-4-3-8(5-6-11)7-10(9)13-2;1-11-7(10)5-4-9-3-2-6(5)8/h4-8,10,13H,1-3H3;3-8,14H,1-2H3,(H,18,19,20);3-8,14,18H,9-10H2,1-2H3;1-6,12,16-18H,7-8H2;3-4,7H,5H2,1-2H3;2-4H,1H3. The summed E-state index contributed by atoms with van der Waals surface area (Å²) in [6.45, 7) is 3.45. The minimum absolute atomic E-state index is 0.0753. The lowest BCUT2D eigenvalue weighted by Gasteiger charge is -2.26. The maximum absolute atomic E-state index is 12.3. The molecule has 0 fully saturated rings. The molecule has 8 heterocycles. The van der Waals surface area contributed by atoms with Crippen LogP contribution < -0.4 is 53.8 Å². The number of aromatic hydroxyl groups is 2. The van der Waals surface area contributed by atoms with Crippen molar-refractivity contribution < 1.29 is 76.8 Å². The van der Waals surface area contributed by atoms with Gasteiger partial charge in [-0.25, -0.2) is 9.59 Å². The summed E-state index contributed by atoms with van der Waals surface area (Å²) in [5.41, 5.74) is 11.7. The van der Waals surface area contributed by atoms with Crippen molar-refractivity contribution in [2.45, 2.75) is 43.2 Å². The summed E-state index contributed by atoms with van der Waals surface area (Å²) in [6, 6.07) is 40.3. The van der Waals surface area contributed by atoms with Crippen LogP contribution in [0.5, 0.6) is 57.5 Å². The van der Waals surface area contributed by atoms with Gasteiger partial charge < -0.3 is 68.2 Å². The number of pyridine rings is 5. The smallest absolute Gasteiger partial charge is 0.340 e. The lowest BCUT2D eigenvalue weighted by atomic mass is 9.85. The Morgan fingerprint density at radius 3 is 1.48 bits per heavy atom. The number of halogens is 1. The predicted molar refractivity (Wildman–Crippen MR) is 395 cm³/mol. The Morgan fingerprint density at radius 2 is 0.944 bits per heavy atom. The molecule has 13 rings (SSSR count). The number of hydrogen-bond acceptors (Lipinski definition) is 25. The van der Waals surface area contributed by atoms with E-state index in [1.54, 1.807) is 109 Å². The van der Waals surface area contributed by atoms with E-state index in [1.807, 2.05) is 48.9 Å². The number of methoxy groups -OCH3 is 10. The van der Waals surface area contributed by atoms with Crippen molar-refractivity contribution in [2.75, 3.05) is 84.2 Å². The number of esters is 2. The fourth-order valence-electron chi connectivity index (χ4n) is 11.8. The SMILES string of the molecule is COC(=O)c1cnccc1C(C#N)c1ccc(OC)c(OC)c1.COC(=O)c1cnccc1Cl.COc1ccc(C2C(=O)NC(=O)c3cnccc32)cc1OC.COc1ccc(C2CNCc3cnccc32)cc1OC.COc1ccc(CC#N)cc1OC.Oc1ccc(C2CNCc3cnccc32)cc1O. The predicted octanol–water partition coefficient (Wildman–Crippen LogP) is 11.4. The second-order valence-corrected chi connectivity index (χ2v) is 23.6. The summed E-state index contributed by atoms with van der Waals surface area (Å²) in [5, 5.41) is 46.5. The first kappa shape index (κ1) is 79.8. The Balaban J connectivity index is 0.000000164. The number of benzene rings is 5. The molecule has 26 nitrogen and oxygen atoms in total. The molecule has 4 atom stereocenters. The van der Waals surface area contributed by atoms with Gasteiger partial charge in [-0.2, -0.15) is 10.5 Å². The molecule has 3 aliphatic rings. The molecular weight excluding hydrogens is 1390 g/mol. The average Bonchev–Trinajstić information content (AvgIpc) is 0.774. The molecule has 0 saturated heterocycles. The molecule has 0 spiro atoms. The third-order valence-electron chi connectivity index (χ3n) is 17.2. The monoisotopic (exact) mass is 1470 g/mol. The molecule has 107 heavy (non-hydrogen) atoms.